The maximum atomic E-state index is 12.6. The predicted molar refractivity (Wildman–Crippen MR) is 113 cm³/mol. The predicted octanol–water partition coefficient (Wildman–Crippen LogP) is 5.01. The number of amides is 1. The highest BCUT2D eigenvalue weighted by Crippen LogP contribution is 2.23. The van der Waals surface area contributed by atoms with Crippen molar-refractivity contribution in [1.82, 2.24) is 0 Å². The molecule has 3 rings (SSSR count). The molecule has 0 atom stereocenters. The molecule has 0 fully saturated rings. The van der Waals surface area contributed by atoms with Crippen LogP contribution < -0.4 is 10.0 Å². The number of rotatable bonds is 5. The minimum Gasteiger partial charge on any atom is -0.322 e. The van der Waals surface area contributed by atoms with Gasteiger partial charge in [0.1, 0.15) is 0 Å². The largest absolute Gasteiger partial charge is 0.322 e. The zero-order chi connectivity index (χ0) is 20.3. The van der Waals surface area contributed by atoms with Crippen molar-refractivity contribution in [1.29, 1.82) is 0 Å². The summed E-state index contributed by atoms with van der Waals surface area (Å²) >= 11 is 5.91. The van der Waals surface area contributed by atoms with E-state index >= 15 is 0 Å². The summed E-state index contributed by atoms with van der Waals surface area (Å²) in [5.74, 6) is -0.255. The van der Waals surface area contributed by atoms with E-state index < -0.39 is 10.0 Å². The molecule has 28 heavy (non-hydrogen) atoms. The maximum absolute atomic E-state index is 12.6. The van der Waals surface area contributed by atoms with Gasteiger partial charge in [-0.15, -0.1) is 0 Å². The summed E-state index contributed by atoms with van der Waals surface area (Å²) in [6.45, 7) is 3.68. The van der Waals surface area contributed by atoms with E-state index in [9.17, 15) is 13.2 Å². The van der Waals surface area contributed by atoms with Crippen LogP contribution in [0.3, 0.4) is 0 Å². The van der Waals surface area contributed by atoms with E-state index in [0.717, 1.165) is 11.1 Å². The number of carbonyl (C=O) groups is 1. The van der Waals surface area contributed by atoms with Gasteiger partial charge in [0, 0.05) is 16.3 Å². The van der Waals surface area contributed by atoms with Gasteiger partial charge in [0.2, 0.25) is 0 Å². The van der Waals surface area contributed by atoms with Crippen LogP contribution in [0.5, 0.6) is 0 Å². The first kappa shape index (κ1) is 19.9. The molecule has 0 heterocycles. The van der Waals surface area contributed by atoms with Gasteiger partial charge in [-0.3, -0.25) is 9.52 Å². The van der Waals surface area contributed by atoms with Gasteiger partial charge in [-0.25, -0.2) is 8.42 Å². The van der Waals surface area contributed by atoms with Crippen LogP contribution in [0.25, 0.3) is 0 Å². The number of nitrogens with one attached hydrogen (secondary N) is 2. The van der Waals surface area contributed by atoms with Gasteiger partial charge in [-0.2, -0.15) is 0 Å². The van der Waals surface area contributed by atoms with Gasteiger partial charge < -0.3 is 5.32 Å². The van der Waals surface area contributed by atoms with Crippen molar-refractivity contribution in [2.75, 3.05) is 10.0 Å². The van der Waals surface area contributed by atoms with E-state index in [1.807, 2.05) is 19.1 Å². The van der Waals surface area contributed by atoms with E-state index in [1.165, 1.54) is 12.1 Å². The molecule has 0 aliphatic carbocycles. The second kappa shape index (κ2) is 8.04. The third kappa shape index (κ3) is 4.71. The number of hydrogen-bond donors (Lipinski definition) is 2. The number of carbonyl (C=O) groups excluding carboxylic acids is 1. The average molecular weight is 415 g/mol. The molecule has 3 aromatic rings. The van der Waals surface area contributed by atoms with Gasteiger partial charge in [-0.1, -0.05) is 29.3 Å². The van der Waals surface area contributed by atoms with Crippen LogP contribution in [0.4, 0.5) is 11.4 Å². The van der Waals surface area contributed by atoms with E-state index in [2.05, 4.69) is 10.0 Å². The van der Waals surface area contributed by atoms with Crippen molar-refractivity contribution in [3.63, 3.8) is 0 Å². The average Bonchev–Trinajstić information content (AvgIpc) is 2.64. The van der Waals surface area contributed by atoms with E-state index in [0.29, 0.717) is 22.0 Å². The minimum atomic E-state index is -3.76. The van der Waals surface area contributed by atoms with E-state index in [1.54, 1.807) is 49.4 Å². The Balaban J connectivity index is 1.75. The zero-order valence-electron chi connectivity index (χ0n) is 15.4. The standard InChI is InChI=1S/C21H19ClN2O3S/c1-14-4-3-5-16(12-14)21(25)23-18-7-9-19(10-8-18)28(26,27)24-20-11-6-17(22)13-15(20)2/h3-13,24H,1-2H3,(H,23,25). The number of halogens is 1. The highest BCUT2D eigenvalue weighted by atomic mass is 35.5. The first-order valence-electron chi connectivity index (χ1n) is 8.52. The van der Waals surface area contributed by atoms with E-state index in [-0.39, 0.29) is 10.8 Å². The first-order valence-corrected chi connectivity index (χ1v) is 10.4. The Hall–Kier alpha value is -2.83. The quantitative estimate of drug-likeness (QED) is 0.616. The number of benzene rings is 3. The number of aryl methyl sites for hydroxylation is 2. The molecule has 3 aromatic carbocycles. The molecule has 7 heteroatoms. The lowest BCUT2D eigenvalue weighted by atomic mass is 10.1. The summed E-state index contributed by atoms with van der Waals surface area (Å²) in [7, 11) is -3.76. The normalized spacial score (nSPS) is 11.1. The van der Waals surface area contributed by atoms with Gasteiger partial charge in [0.05, 0.1) is 10.6 Å². The summed E-state index contributed by atoms with van der Waals surface area (Å²) in [6.07, 6.45) is 0. The molecule has 1 amide bonds. The Morgan fingerprint density at radius 1 is 0.929 bits per heavy atom. The zero-order valence-corrected chi connectivity index (χ0v) is 16.9. The Morgan fingerprint density at radius 2 is 1.64 bits per heavy atom. The molecule has 0 aliphatic rings. The second-order valence-corrected chi connectivity index (χ2v) is 8.53. The second-order valence-electron chi connectivity index (χ2n) is 6.41. The van der Waals surface area contributed by atoms with Gasteiger partial charge in [-0.05, 0) is 74.0 Å². The third-order valence-electron chi connectivity index (χ3n) is 4.14. The molecule has 0 radical (unpaired) electrons. The van der Waals surface area contributed by atoms with E-state index in [4.69, 9.17) is 11.6 Å². The highest BCUT2D eigenvalue weighted by molar-refractivity contribution is 7.92. The monoisotopic (exact) mass is 414 g/mol. The molecular formula is C21H19ClN2O3S. The topological polar surface area (TPSA) is 75.3 Å². The summed E-state index contributed by atoms with van der Waals surface area (Å²) in [5.41, 5.74) is 3.21. The molecule has 2 N–H and O–H groups in total. The van der Waals surface area contributed by atoms with Crippen molar-refractivity contribution in [2.45, 2.75) is 18.7 Å². The molecule has 144 valence electrons. The lowest BCUT2D eigenvalue weighted by Gasteiger charge is -2.12. The molecule has 5 nitrogen and oxygen atoms in total. The van der Waals surface area contributed by atoms with Crippen LogP contribution in [-0.2, 0) is 10.0 Å². The van der Waals surface area contributed by atoms with Crippen molar-refractivity contribution in [3.05, 3.63) is 88.4 Å². The lowest BCUT2D eigenvalue weighted by molar-refractivity contribution is 0.102. The van der Waals surface area contributed by atoms with Crippen molar-refractivity contribution < 1.29 is 13.2 Å². The molecular weight excluding hydrogens is 396 g/mol. The fraction of sp³-hybridized carbons (Fsp3) is 0.0952. The van der Waals surface area contributed by atoms with Crippen molar-refractivity contribution in [3.8, 4) is 0 Å². The lowest BCUT2D eigenvalue weighted by Crippen LogP contribution is -2.14. The molecule has 0 aromatic heterocycles. The van der Waals surface area contributed by atoms with Crippen LogP contribution >= 0.6 is 11.6 Å². The Labute approximate surface area is 169 Å². The molecule has 0 spiro atoms. The smallest absolute Gasteiger partial charge is 0.261 e. The van der Waals surface area contributed by atoms with Crippen LogP contribution in [0.2, 0.25) is 5.02 Å². The third-order valence-corrected chi connectivity index (χ3v) is 5.75. The molecule has 0 unspecified atom stereocenters. The fourth-order valence-electron chi connectivity index (χ4n) is 2.65. The Bertz CT molecular complexity index is 1130. The Kier molecular flexibility index (Phi) is 5.72. The number of anilines is 2. The molecule has 0 bridgehead atoms. The summed E-state index contributed by atoms with van der Waals surface area (Å²) in [5, 5.41) is 3.30. The summed E-state index contributed by atoms with van der Waals surface area (Å²) in [4.78, 5) is 12.4. The van der Waals surface area contributed by atoms with Gasteiger partial charge in [0.15, 0.2) is 0 Å². The molecule has 0 aliphatic heterocycles. The highest BCUT2D eigenvalue weighted by Gasteiger charge is 2.16. The maximum Gasteiger partial charge on any atom is 0.261 e. The van der Waals surface area contributed by atoms with Crippen LogP contribution in [-0.4, -0.2) is 14.3 Å². The van der Waals surface area contributed by atoms with Gasteiger partial charge >= 0.3 is 0 Å². The minimum absolute atomic E-state index is 0.0930. The molecule has 0 saturated carbocycles. The first-order chi connectivity index (χ1) is 13.2. The van der Waals surface area contributed by atoms with Crippen LogP contribution in [0, 0.1) is 13.8 Å². The summed E-state index contributed by atoms with van der Waals surface area (Å²) in [6, 6.07) is 18.1. The van der Waals surface area contributed by atoms with Crippen molar-refractivity contribution >= 4 is 38.9 Å². The van der Waals surface area contributed by atoms with Crippen LogP contribution in [0.1, 0.15) is 21.5 Å². The fourth-order valence-corrected chi connectivity index (χ4v) is 4.01. The van der Waals surface area contributed by atoms with Crippen molar-refractivity contribution in [2.24, 2.45) is 0 Å². The Morgan fingerprint density at radius 3 is 2.29 bits per heavy atom. The van der Waals surface area contributed by atoms with Crippen LogP contribution in [0.15, 0.2) is 71.6 Å². The number of hydrogen-bond acceptors (Lipinski definition) is 3. The molecule has 0 saturated heterocycles. The van der Waals surface area contributed by atoms with Gasteiger partial charge in [0.25, 0.3) is 15.9 Å². The SMILES string of the molecule is Cc1cccc(C(=O)Nc2ccc(S(=O)(=O)Nc3ccc(Cl)cc3C)cc2)c1. The number of sulfonamides is 1. The summed E-state index contributed by atoms with van der Waals surface area (Å²) < 4.78 is 27.7.